The molecule has 1 aromatic rings. The average molecular weight is 255 g/mol. The fraction of sp³-hybridized carbons (Fsp3) is 0.333. The molecule has 3 amide bonds. The summed E-state index contributed by atoms with van der Waals surface area (Å²) < 4.78 is 0. The molecule has 0 spiro atoms. The van der Waals surface area contributed by atoms with Crippen LogP contribution in [0.15, 0.2) is 5.38 Å². The Morgan fingerprint density at radius 3 is 2.94 bits per heavy atom. The number of thiazole rings is 1. The quantitative estimate of drug-likeness (QED) is 0.808. The van der Waals surface area contributed by atoms with Crippen LogP contribution in [0, 0.1) is 0 Å². The van der Waals surface area contributed by atoms with E-state index >= 15 is 0 Å². The molecule has 0 bridgehead atoms. The van der Waals surface area contributed by atoms with Crippen molar-refractivity contribution in [2.45, 2.75) is 13.0 Å². The largest absolute Gasteiger partial charge is 0.476 e. The number of amides is 3. The van der Waals surface area contributed by atoms with E-state index in [-0.39, 0.29) is 24.6 Å². The highest BCUT2D eigenvalue weighted by Gasteiger charge is 2.23. The SMILES string of the molecule is O=C1CCN(Cc2nc(C(=O)O)cs2)C(=O)N1. The second-order valence-electron chi connectivity index (χ2n) is 3.46. The first kappa shape index (κ1) is 11.5. The third-order valence-corrected chi connectivity index (χ3v) is 3.07. The van der Waals surface area contributed by atoms with Crippen LogP contribution in [0.3, 0.4) is 0 Å². The summed E-state index contributed by atoms with van der Waals surface area (Å²) in [5, 5.41) is 12.8. The summed E-state index contributed by atoms with van der Waals surface area (Å²) in [4.78, 5) is 38.2. The lowest BCUT2D eigenvalue weighted by molar-refractivity contribution is -0.121. The zero-order chi connectivity index (χ0) is 12.4. The minimum atomic E-state index is -1.09. The van der Waals surface area contributed by atoms with E-state index in [0.29, 0.717) is 11.6 Å². The molecular formula is C9H9N3O4S. The van der Waals surface area contributed by atoms with E-state index in [4.69, 9.17) is 5.11 Å². The highest BCUT2D eigenvalue weighted by atomic mass is 32.1. The molecule has 0 radical (unpaired) electrons. The van der Waals surface area contributed by atoms with E-state index < -0.39 is 12.0 Å². The number of hydrogen-bond acceptors (Lipinski definition) is 5. The van der Waals surface area contributed by atoms with Gasteiger partial charge in [0.2, 0.25) is 5.91 Å². The Labute approximate surface area is 100 Å². The molecule has 90 valence electrons. The predicted molar refractivity (Wildman–Crippen MR) is 57.6 cm³/mol. The molecule has 1 aliphatic rings. The van der Waals surface area contributed by atoms with Crippen molar-refractivity contribution in [2.75, 3.05) is 6.54 Å². The van der Waals surface area contributed by atoms with E-state index in [1.165, 1.54) is 21.6 Å². The molecule has 1 fully saturated rings. The van der Waals surface area contributed by atoms with Crippen LogP contribution in [0.25, 0.3) is 0 Å². The molecule has 17 heavy (non-hydrogen) atoms. The van der Waals surface area contributed by atoms with Gasteiger partial charge in [0.05, 0.1) is 6.54 Å². The summed E-state index contributed by atoms with van der Waals surface area (Å²) in [6.07, 6.45) is 0.253. The van der Waals surface area contributed by atoms with Gasteiger partial charge in [-0.15, -0.1) is 11.3 Å². The summed E-state index contributed by atoms with van der Waals surface area (Å²) in [5.74, 6) is -1.39. The van der Waals surface area contributed by atoms with Gasteiger partial charge in [-0.25, -0.2) is 14.6 Å². The first-order chi connectivity index (χ1) is 8.06. The smallest absolute Gasteiger partial charge is 0.355 e. The van der Waals surface area contributed by atoms with Crippen molar-refractivity contribution < 1.29 is 19.5 Å². The van der Waals surface area contributed by atoms with Crippen LogP contribution >= 0.6 is 11.3 Å². The van der Waals surface area contributed by atoms with Crippen molar-refractivity contribution in [3.05, 3.63) is 16.1 Å². The fourth-order valence-corrected chi connectivity index (χ4v) is 2.18. The fourth-order valence-electron chi connectivity index (χ4n) is 1.39. The number of carboxylic acid groups (broad SMARTS) is 1. The Morgan fingerprint density at radius 1 is 1.59 bits per heavy atom. The van der Waals surface area contributed by atoms with Crippen LogP contribution in [0.5, 0.6) is 0 Å². The zero-order valence-electron chi connectivity index (χ0n) is 8.67. The zero-order valence-corrected chi connectivity index (χ0v) is 9.49. The van der Waals surface area contributed by atoms with Crippen LogP contribution in [0.2, 0.25) is 0 Å². The number of carbonyl (C=O) groups is 3. The molecule has 0 atom stereocenters. The Kier molecular flexibility index (Phi) is 3.05. The second-order valence-corrected chi connectivity index (χ2v) is 4.40. The summed E-state index contributed by atoms with van der Waals surface area (Å²) in [6.45, 7) is 0.545. The minimum absolute atomic E-state index is 0.0292. The molecule has 0 saturated carbocycles. The highest BCUT2D eigenvalue weighted by Crippen LogP contribution is 2.14. The molecule has 1 aromatic heterocycles. The number of carbonyl (C=O) groups excluding carboxylic acids is 2. The minimum Gasteiger partial charge on any atom is -0.476 e. The van der Waals surface area contributed by atoms with Gasteiger partial charge in [0.25, 0.3) is 0 Å². The van der Waals surface area contributed by atoms with Crippen LogP contribution in [0.1, 0.15) is 21.9 Å². The molecule has 2 heterocycles. The van der Waals surface area contributed by atoms with E-state index in [9.17, 15) is 14.4 Å². The van der Waals surface area contributed by atoms with Gasteiger partial charge in [-0.2, -0.15) is 0 Å². The Bertz CT molecular complexity index is 484. The topological polar surface area (TPSA) is 99.6 Å². The predicted octanol–water partition coefficient (Wildman–Crippen LogP) is 0.283. The van der Waals surface area contributed by atoms with Crippen LogP contribution in [-0.2, 0) is 11.3 Å². The molecule has 8 heteroatoms. The van der Waals surface area contributed by atoms with Crippen LogP contribution < -0.4 is 5.32 Å². The molecule has 2 N–H and O–H groups in total. The molecule has 1 saturated heterocycles. The number of urea groups is 1. The maximum atomic E-state index is 11.4. The van der Waals surface area contributed by atoms with Gasteiger partial charge in [-0.1, -0.05) is 0 Å². The molecule has 1 aliphatic heterocycles. The Balaban J connectivity index is 2.02. The van der Waals surface area contributed by atoms with Crippen molar-refractivity contribution >= 4 is 29.2 Å². The van der Waals surface area contributed by atoms with Crippen molar-refractivity contribution in [1.29, 1.82) is 0 Å². The number of aromatic carboxylic acids is 1. The first-order valence-corrected chi connectivity index (χ1v) is 5.70. The molecule has 2 rings (SSSR count). The molecule has 0 aliphatic carbocycles. The molecule has 7 nitrogen and oxygen atoms in total. The van der Waals surface area contributed by atoms with Gasteiger partial charge >= 0.3 is 12.0 Å². The standard InChI is InChI=1S/C9H9N3O4S/c13-6-1-2-12(9(16)11-6)3-7-10-5(4-17-7)8(14)15/h4H,1-3H2,(H,14,15)(H,11,13,16). The average Bonchev–Trinajstić information content (AvgIpc) is 2.71. The summed E-state index contributed by atoms with van der Waals surface area (Å²) in [5.41, 5.74) is -0.0292. The number of hydrogen-bond donors (Lipinski definition) is 2. The van der Waals surface area contributed by atoms with Crippen molar-refractivity contribution in [2.24, 2.45) is 0 Å². The monoisotopic (exact) mass is 255 g/mol. The van der Waals surface area contributed by atoms with Gasteiger partial charge in [-0.05, 0) is 0 Å². The van der Waals surface area contributed by atoms with Gasteiger partial charge in [0.1, 0.15) is 5.01 Å². The maximum Gasteiger partial charge on any atom is 0.355 e. The van der Waals surface area contributed by atoms with Gasteiger partial charge in [-0.3, -0.25) is 10.1 Å². The Hall–Kier alpha value is -1.96. The van der Waals surface area contributed by atoms with Crippen LogP contribution in [-0.4, -0.2) is 39.4 Å². The summed E-state index contributed by atoms with van der Waals surface area (Å²) in [7, 11) is 0. The van der Waals surface area contributed by atoms with Crippen molar-refractivity contribution in [1.82, 2.24) is 15.2 Å². The highest BCUT2D eigenvalue weighted by molar-refractivity contribution is 7.09. The lowest BCUT2D eigenvalue weighted by atomic mass is 10.3. The van der Waals surface area contributed by atoms with E-state index in [1.807, 2.05) is 0 Å². The lowest BCUT2D eigenvalue weighted by Gasteiger charge is -2.25. The van der Waals surface area contributed by atoms with Crippen molar-refractivity contribution in [3.8, 4) is 0 Å². The number of imide groups is 1. The maximum absolute atomic E-state index is 11.4. The number of aromatic nitrogens is 1. The summed E-state index contributed by atoms with van der Waals surface area (Å²) in [6, 6.07) is -0.465. The van der Waals surface area contributed by atoms with Gasteiger partial charge < -0.3 is 10.0 Å². The third kappa shape index (κ3) is 2.59. The number of rotatable bonds is 3. The number of carboxylic acids is 1. The molecule has 0 aromatic carbocycles. The summed E-state index contributed by atoms with van der Waals surface area (Å²) >= 11 is 1.18. The lowest BCUT2D eigenvalue weighted by Crippen LogP contribution is -2.48. The Morgan fingerprint density at radius 2 is 2.35 bits per heavy atom. The number of nitrogens with zero attached hydrogens (tertiary/aromatic N) is 2. The van der Waals surface area contributed by atoms with Gasteiger partial charge in [0, 0.05) is 18.3 Å². The van der Waals surface area contributed by atoms with E-state index in [1.54, 1.807) is 0 Å². The first-order valence-electron chi connectivity index (χ1n) is 4.82. The third-order valence-electron chi connectivity index (χ3n) is 2.24. The van der Waals surface area contributed by atoms with Crippen molar-refractivity contribution in [3.63, 3.8) is 0 Å². The van der Waals surface area contributed by atoms with E-state index in [2.05, 4.69) is 10.3 Å². The normalized spacial score (nSPS) is 15.9. The second kappa shape index (κ2) is 4.50. The van der Waals surface area contributed by atoms with Crippen LogP contribution in [0.4, 0.5) is 4.79 Å². The van der Waals surface area contributed by atoms with E-state index in [0.717, 1.165) is 0 Å². The molecular weight excluding hydrogens is 246 g/mol. The molecule has 0 unspecified atom stereocenters. The van der Waals surface area contributed by atoms with Gasteiger partial charge in [0.15, 0.2) is 5.69 Å². The number of nitrogens with one attached hydrogen (secondary N) is 1.